The third kappa shape index (κ3) is 7.16. The molecule has 4 aromatic rings. The number of carbonyl (C=O) groups excluding carboxylic acids is 4. The second-order valence-electron chi connectivity index (χ2n) is 14.6. The lowest BCUT2D eigenvalue weighted by atomic mass is 9.80. The number of aromatic nitrogens is 4. The van der Waals surface area contributed by atoms with Crippen molar-refractivity contribution in [3.05, 3.63) is 66.5 Å². The zero-order valence-electron chi connectivity index (χ0n) is 30.9. The van der Waals surface area contributed by atoms with Gasteiger partial charge in [-0.25, -0.2) is 9.48 Å². The van der Waals surface area contributed by atoms with Gasteiger partial charge in [0.15, 0.2) is 5.82 Å². The van der Waals surface area contributed by atoms with Gasteiger partial charge in [-0.3, -0.25) is 24.6 Å². The second kappa shape index (κ2) is 15.0. The summed E-state index contributed by atoms with van der Waals surface area (Å²) in [5, 5.41) is 15.4. The summed E-state index contributed by atoms with van der Waals surface area (Å²) in [7, 11) is 3.21. The van der Waals surface area contributed by atoms with Crippen LogP contribution in [-0.2, 0) is 14.4 Å². The molecule has 0 bridgehead atoms. The van der Waals surface area contributed by atoms with Crippen LogP contribution >= 0.6 is 0 Å². The average Bonchev–Trinajstić information content (AvgIpc) is 3.68. The lowest BCUT2D eigenvalue weighted by molar-refractivity contribution is -0.134. The number of nitrogen functional groups attached to an aromatic ring is 1. The lowest BCUT2D eigenvalue weighted by Crippen LogP contribution is -2.54. The van der Waals surface area contributed by atoms with Crippen LogP contribution in [0.15, 0.2) is 60.9 Å². The number of imide groups is 1. The largest absolute Gasteiger partial charge is 0.489 e. The van der Waals surface area contributed by atoms with Crippen LogP contribution in [0.3, 0.4) is 0 Å². The van der Waals surface area contributed by atoms with E-state index in [1.165, 1.54) is 10.5 Å². The Kier molecular flexibility index (Phi) is 9.82. The van der Waals surface area contributed by atoms with Crippen LogP contribution < -0.4 is 30.3 Å². The summed E-state index contributed by atoms with van der Waals surface area (Å²) in [6.45, 7) is 2.67. The van der Waals surface area contributed by atoms with E-state index in [0.29, 0.717) is 79.4 Å². The summed E-state index contributed by atoms with van der Waals surface area (Å²) in [5.74, 6) is 1.19. The maximum Gasteiger partial charge on any atom is 0.414 e. The summed E-state index contributed by atoms with van der Waals surface area (Å²) in [5.41, 5.74) is 10.5. The first-order valence-corrected chi connectivity index (χ1v) is 18.7. The van der Waals surface area contributed by atoms with Crippen molar-refractivity contribution in [2.45, 2.75) is 56.5 Å². The summed E-state index contributed by atoms with van der Waals surface area (Å²) in [4.78, 5) is 57.9. The number of nitrogens with two attached hydrogens (primary N) is 1. The zero-order valence-corrected chi connectivity index (χ0v) is 30.9. The van der Waals surface area contributed by atoms with Gasteiger partial charge >= 0.3 is 6.09 Å². The number of benzene rings is 2. The van der Waals surface area contributed by atoms with Crippen LogP contribution in [0.4, 0.5) is 22.0 Å². The molecule has 0 radical (unpaired) electrons. The molecule has 2 aromatic heterocycles. The van der Waals surface area contributed by atoms with E-state index < -0.39 is 6.09 Å². The van der Waals surface area contributed by atoms with Gasteiger partial charge in [0.1, 0.15) is 29.8 Å². The molecule has 16 heteroatoms. The molecule has 3 N–H and O–H groups in total. The number of piperidine rings is 1. The number of para-hydroxylation sites is 2. The molecule has 8 rings (SSSR count). The predicted molar refractivity (Wildman–Crippen MR) is 203 cm³/mol. The fourth-order valence-electron chi connectivity index (χ4n) is 8.19. The molecular formula is C39H44N10O6. The quantitative estimate of drug-likeness (QED) is 0.264. The van der Waals surface area contributed by atoms with Gasteiger partial charge in [-0.15, -0.1) is 10.2 Å². The molecule has 3 fully saturated rings. The Morgan fingerprint density at radius 1 is 0.964 bits per heavy atom. The highest BCUT2D eigenvalue weighted by Crippen LogP contribution is 2.45. The summed E-state index contributed by atoms with van der Waals surface area (Å²) < 4.78 is 13.4. The van der Waals surface area contributed by atoms with Crippen molar-refractivity contribution in [3.8, 4) is 28.4 Å². The Bertz CT molecular complexity index is 2130. The number of hydrogen-bond donors (Lipinski definition) is 2. The highest BCUT2D eigenvalue weighted by molar-refractivity contribution is 6.02. The first kappa shape index (κ1) is 36.0. The van der Waals surface area contributed by atoms with E-state index in [2.05, 4.69) is 36.5 Å². The number of fused-ring (bicyclic) bond motifs is 1. The Balaban J connectivity index is 0.904. The number of ether oxygens (including phenoxy) is 2. The van der Waals surface area contributed by atoms with Crippen molar-refractivity contribution >= 4 is 41.0 Å². The van der Waals surface area contributed by atoms with Crippen LogP contribution in [0, 0.1) is 0 Å². The minimum Gasteiger partial charge on any atom is -0.489 e. The Labute approximate surface area is 318 Å². The van der Waals surface area contributed by atoms with E-state index in [0.717, 1.165) is 43.7 Å². The normalized spacial score (nSPS) is 21.8. The third-order valence-corrected chi connectivity index (χ3v) is 11.1. The number of piperazine rings is 1. The Morgan fingerprint density at radius 2 is 1.78 bits per heavy atom. The molecule has 3 aliphatic heterocycles. The van der Waals surface area contributed by atoms with Crippen LogP contribution in [-0.4, -0.2) is 113 Å². The number of anilines is 3. The molecule has 2 aromatic carbocycles. The molecule has 1 aliphatic carbocycles. The molecular weight excluding hydrogens is 704 g/mol. The minimum absolute atomic E-state index is 0.00476. The summed E-state index contributed by atoms with van der Waals surface area (Å²) >= 11 is 0. The molecule has 16 nitrogen and oxygen atoms in total. The van der Waals surface area contributed by atoms with Gasteiger partial charge in [-0.05, 0) is 67.9 Å². The van der Waals surface area contributed by atoms with Crippen LogP contribution in [0.2, 0.25) is 0 Å². The molecule has 55 heavy (non-hydrogen) atoms. The van der Waals surface area contributed by atoms with Gasteiger partial charge in [0.05, 0.1) is 42.6 Å². The van der Waals surface area contributed by atoms with E-state index in [9.17, 15) is 19.2 Å². The van der Waals surface area contributed by atoms with Crippen LogP contribution in [0.1, 0.15) is 50.0 Å². The minimum atomic E-state index is -0.521. The van der Waals surface area contributed by atoms with Crippen molar-refractivity contribution in [1.82, 2.24) is 35.1 Å². The van der Waals surface area contributed by atoms with E-state index >= 15 is 0 Å². The van der Waals surface area contributed by atoms with Crippen LogP contribution in [0.5, 0.6) is 11.5 Å². The van der Waals surface area contributed by atoms with Crippen molar-refractivity contribution in [2.24, 2.45) is 0 Å². The SMILES string of the molecule is CN(C)C(=O)Oc1ccccc1-c1cc(-n2cc(N3CCN(C4CCC(c5cccc6c5OCCN6[C@H]5CCC(=O)NC5=O)CC4)CC3=O)cn2)c(N)nn1. The van der Waals surface area contributed by atoms with Gasteiger partial charge in [-0.2, -0.15) is 5.10 Å². The highest BCUT2D eigenvalue weighted by Gasteiger charge is 2.38. The number of nitrogens with zero attached hydrogens (tertiary/aromatic N) is 8. The van der Waals surface area contributed by atoms with Gasteiger partial charge in [-0.1, -0.05) is 24.3 Å². The second-order valence-corrected chi connectivity index (χ2v) is 14.6. The lowest BCUT2D eigenvalue weighted by Gasteiger charge is -2.42. The number of carbonyl (C=O) groups is 4. The molecule has 1 saturated carbocycles. The van der Waals surface area contributed by atoms with E-state index in [4.69, 9.17) is 15.2 Å². The monoisotopic (exact) mass is 748 g/mol. The molecule has 0 unspecified atom stereocenters. The first-order chi connectivity index (χ1) is 26.6. The average molecular weight is 749 g/mol. The standard InChI is InChI=1S/C39H44N10O6/c1-45(2)39(53)55-33-9-4-3-6-28(33)29-20-32(37(40)44-43-29)49-22-26(21-41-49)47-17-16-46(23-35(47)51)25-12-10-24(11-13-25)27-7-5-8-30-36(27)54-19-18-48(30)31-14-15-34(50)42-38(31)52/h3-9,20-22,24-25,31H,10-19,23H2,1-2H3,(H2,40,44)(H,42,50,52)/t24?,25?,31-/m0/s1. The molecule has 286 valence electrons. The number of amides is 4. The number of rotatable bonds is 7. The molecule has 0 spiro atoms. The molecule has 2 saturated heterocycles. The number of nitrogens with one attached hydrogen (secondary N) is 1. The molecule has 1 atom stereocenters. The smallest absolute Gasteiger partial charge is 0.414 e. The van der Waals surface area contributed by atoms with E-state index in [1.807, 2.05) is 18.2 Å². The fraction of sp³-hybridized carbons (Fsp3) is 0.410. The van der Waals surface area contributed by atoms with Gasteiger partial charge in [0, 0.05) is 45.2 Å². The Hall–Kier alpha value is -6.03. The van der Waals surface area contributed by atoms with Gasteiger partial charge < -0.3 is 29.9 Å². The van der Waals surface area contributed by atoms with Gasteiger partial charge in [0.25, 0.3) is 0 Å². The molecule has 4 aliphatic rings. The predicted octanol–water partition coefficient (Wildman–Crippen LogP) is 3.35. The maximum atomic E-state index is 13.6. The third-order valence-electron chi connectivity index (χ3n) is 11.1. The fourth-order valence-corrected chi connectivity index (χ4v) is 8.19. The zero-order chi connectivity index (χ0) is 38.2. The summed E-state index contributed by atoms with van der Waals surface area (Å²) in [6.07, 6.45) is 7.59. The van der Waals surface area contributed by atoms with E-state index in [-0.39, 0.29) is 29.6 Å². The van der Waals surface area contributed by atoms with Crippen molar-refractivity contribution in [2.75, 3.05) is 62.4 Å². The highest BCUT2D eigenvalue weighted by atomic mass is 16.6. The summed E-state index contributed by atoms with van der Waals surface area (Å²) in [6, 6.07) is 14.9. The van der Waals surface area contributed by atoms with Crippen LogP contribution in [0.25, 0.3) is 16.9 Å². The topological polar surface area (TPSA) is 181 Å². The van der Waals surface area contributed by atoms with Gasteiger partial charge in [0.2, 0.25) is 17.7 Å². The van der Waals surface area contributed by atoms with Crippen molar-refractivity contribution < 1.29 is 28.7 Å². The maximum absolute atomic E-state index is 13.6. The Morgan fingerprint density at radius 3 is 2.56 bits per heavy atom. The number of hydrogen-bond acceptors (Lipinski definition) is 12. The first-order valence-electron chi connectivity index (χ1n) is 18.7. The van der Waals surface area contributed by atoms with Crippen molar-refractivity contribution in [3.63, 3.8) is 0 Å². The molecule has 4 amide bonds. The molecule has 5 heterocycles. The van der Waals surface area contributed by atoms with E-state index in [1.54, 1.807) is 60.3 Å². The van der Waals surface area contributed by atoms with Crippen molar-refractivity contribution in [1.29, 1.82) is 0 Å².